The molecule has 1 aliphatic heterocycles. The Morgan fingerprint density at radius 2 is 1.63 bits per heavy atom. The van der Waals surface area contributed by atoms with Crippen molar-refractivity contribution in [3.05, 3.63) is 59.0 Å². The molecule has 0 saturated carbocycles. The Kier molecular flexibility index (Phi) is 9.68. The Hall–Kier alpha value is -3.88. The number of aryl methyl sites for hydroxylation is 1. The lowest BCUT2D eigenvalue weighted by molar-refractivity contribution is -0.128. The summed E-state index contributed by atoms with van der Waals surface area (Å²) in [5.41, 5.74) is 4.71. The van der Waals surface area contributed by atoms with Gasteiger partial charge in [0.2, 0.25) is 5.91 Å². The second kappa shape index (κ2) is 13.2. The maximum atomic E-state index is 13.9. The van der Waals surface area contributed by atoms with Gasteiger partial charge in [0.1, 0.15) is 5.82 Å². The van der Waals surface area contributed by atoms with Gasteiger partial charge < -0.3 is 19.3 Å². The van der Waals surface area contributed by atoms with E-state index in [1.807, 2.05) is 26.0 Å². The first-order valence-corrected chi connectivity index (χ1v) is 14.5. The molecule has 0 bridgehead atoms. The largest absolute Gasteiger partial charge is 0.493 e. The molecule has 1 aliphatic carbocycles. The third-order valence-electron chi connectivity index (χ3n) is 7.14. The number of amides is 2. The number of fused-ring (bicyclic) bond motifs is 3. The summed E-state index contributed by atoms with van der Waals surface area (Å²) in [5, 5.41) is 4.83. The number of carbonyl (C=O) groups is 2. The van der Waals surface area contributed by atoms with Gasteiger partial charge in [0.15, 0.2) is 17.2 Å². The average molecular weight is 565 g/mol. The summed E-state index contributed by atoms with van der Waals surface area (Å²) < 4.78 is 27.2. The lowest BCUT2D eigenvalue weighted by Gasteiger charge is -2.23. The van der Waals surface area contributed by atoms with Crippen LogP contribution in [0.15, 0.2) is 36.4 Å². The van der Waals surface area contributed by atoms with Gasteiger partial charge in [0, 0.05) is 44.2 Å². The molecule has 0 unspecified atom stereocenters. The highest BCUT2D eigenvalue weighted by molar-refractivity contribution is 5.96. The average Bonchev–Trinajstić information content (AvgIpc) is 3.15. The first-order valence-electron chi connectivity index (χ1n) is 14.5. The highest BCUT2D eigenvalue weighted by Crippen LogP contribution is 2.43. The normalized spacial score (nSPS) is 14.4. The standard InChI is InChI=1S/C29H33FN4O4.C3H8/c1-18(2)38-26-17-24-20(16-25(26)37-4)6-11-23-27(29(36)33-13-5-12-32(14-15-33)19(3)35)31-34(28(23)24)22-9-7-21(30)8-10-22;1-3-2/h7-10,16-18H,5-6,11-15H2,1-4H3;3H2,1-2H3. The van der Waals surface area contributed by atoms with E-state index in [2.05, 4.69) is 13.8 Å². The fourth-order valence-electron chi connectivity index (χ4n) is 5.28. The molecule has 0 N–H and O–H groups in total. The monoisotopic (exact) mass is 564 g/mol. The first-order chi connectivity index (χ1) is 19.7. The fraction of sp³-hybridized carbons (Fsp3) is 0.469. The van der Waals surface area contributed by atoms with Crippen LogP contribution in [0, 0.1) is 5.82 Å². The molecule has 8 nitrogen and oxygen atoms in total. The molecule has 220 valence electrons. The van der Waals surface area contributed by atoms with E-state index in [9.17, 15) is 14.0 Å². The molecule has 2 amide bonds. The molecule has 3 aromatic rings. The number of ether oxygens (including phenoxy) is 2. The summed E-state index contributed by atoms with van der Waals surface area (Å²) >= 11 is 0. The first kappa shape index (κ1) is 30.1. The summed E-state index contributed by atoms with van der Waals surface area (Å²) in [7, 11) is 1.62. The van der Waals surface area contributed by atoms with E-state index in [1.165, 1.54) is 18.6 Å². The Balaban J connectivity index is 0.00000124. The summed E-state index contributed by atoms with van der Waals surface area (Å²) in [4.78, 5) is 29.3. The lowest BCUT2D eigenvalue weighted by atomic mass is 9.88. The second-order valence-corrected chi connectivity index (χ2v) is 10.7. The topological polar surface area (TPSA) is 76.9 Å². The van der Waals surface area contributed by atoms with Crippen LogP contribution in [-0.2, 0) is 17.6 Å². The van der Waals surface area contributed by atoms with Crippen LogP contribution >= 0.6 is 0 Å². The molecule has 2 aromatic carbocycles. The van der Waals surface area contributed by atoms with Gasteiger partial charge in [-0.05, 0) is 75.1 Å². The van der Waals surface area contributed by atoms with Crippen molar-refractivity contribution in [3.63, 3.8) is 0 Å². The molecule has 1 fully saturated rings. The van der Waals surface area contributed by atoms with Gasteiger partial charge >= 0.3 is 0 Å². The van der Waals surface area contributed by atoms with Gasteiger partial charge in [-0.3, -0.25) is 9.59 Å². The number of aromatic nitrogens is 2. The van der Waals surface area contributed by atoms with Crippen molar-refractivity contribution >= 4 is 11.8 Å². The van der Waals surface area contributed by atoms with Crippen LogP contribution in [0.2, 0.25) is 0 Å². The van der Waals surface area contributed by atoms with Crippen molar-refractivity contribution in [2.24, 2.45) is 0 Å². The van der Waals surface area contributed by atoms with Crippen molar-refractivity contribution < 1.29 is 23.5 Å². The lowest BCUT2D eigenvalue weighted by Crippen LogP contribution is -2.37. The Morgan fingerprint density at radius 1 is 0.976 bits per heavy atom. The third-order valence-corrected chi connectivity index (χ3v) is 7.14. The van der Waals surface area contributed by atoms with Gasteiger partial charge in [0.05, 0.1) is 24.6 Å². The summed E-state index contributed by atoms with van der Waals surface area (Å²) in [6.07, 6.45) is 3.26. The molecule has 0 radical (unpaired) electrons. The van der Waals surface area contributed by atoms with Gasteiger partial charge in [-0.15, -0.1) is 0 Å². The predicted molar refractivity (Wildman–Crippen MR) is 157 cm³/mol. The van der Waals surface area contributed by atoms with Gasteiger partial charge in [-0.25, -0.2) is 9.07 Å². The van der Waals surface area contributed by atoms with Crippen LogP contribution in [0.4, 0.5) is 4.39 Å². The fourth-order valence-corrected chi connectivity index (χ4v) is 5.28. The predicted octanol–water partition coefficient (Wildman–Crippen LogP) is 5.68. The Labute approximate surface area is 242 Å². The molecule has 1 aromatic heterocycles. The van der Waals surface area contributed by atoms with E-state index >= 15 is 0 Å². The van der Waals surface area contributed by atoms with Crippen molar-refractivity contribution in [1.29, 1.82) is 0 Å². The van der Waals surface area contributed by atoms with E-state index in [1.54, 1.807) is 40.6 Å². The van der Waals surface area contributed by atoms with Crippen molar-refractivity contribution in [2.75, 3.05) is 33.3 Å². The van der Waals surface area contributed by atoms with Crippen LogP contribution in [0.25, 0.3) is 16.9 Å². The number of rotatable bonds is 5. The van der Waals surface area contributed by atoms with Crippen molar-refractivity contribution in [3.8, 4) is 28.4 Å². The number of hydrogen-bond acceptors (Lipinski definition) is 5. The number of halogens is 1. The highest BCUT2D eigenvalue weighted by atomic mass is 19.1. The van der Waals surface area contributed by atoms with Crippen LogP contribution in [0.1, 0.15) is 69.1 Å². The van der Waals surface area contributed by atoms with Crippen molar-refractivity contribution in [1.82, 2.24) is 19.6 Å². The maximum Gasteiger partial charge on any atom is 0.274 e. The number of hydrogen-bond donors (Lipinski definition) is 0. The van der Waals surface area contributed by atoms with E-state index in [-0.39, 0.29) is 23.7 Å². The zero-order valence-corrected chi connectivity index (χ0v) is 25.0. The molecular formula is C32H41FN4O4. The SMILES string of the molecule is CCC.COc1cc2c(cc1OC(C)C)-c1c(c(C(=O)N3CCCN(C(C)=O)CC3)nn1-c1ccc(F)cc1)CC2. The molecule has 2 heterocycles. The minimum absolute atomic E-state index is 0.0173. The molecule has 9 heteroatoms. The van der Waals surface area contributed by atoms with Crippen LogP contribution in [0.3, 0.4) is 0 Å². The van der Waals surface area contributed by atoms with Crippen molar-refractivity contribution in [2.45, 2.75) is 66.4 Å². The summed E-state index contributed by atoms with van der Waals surface area (Å²) in [6.45, 7) is 11.9. The number of methoxy groups -OCH3 is 1. The minimum atomic E-state index is -0.344. The van der Waals surface area contributed by atoms with E-state index in [4.69, 9.17) is 14.6 Å². The second-order valence-electron chi connectivity index (χ2n) is 10.7. The molecule has 0 atom stereocenters. The van der Waals surface area contributed by atoms with Crippen LogP contribution < -0.4 is 9.47 Å². The third kappa shape index (κ3) is 6.55. The molecule has 5 rings (SSSR count). The molecule has 2 aliphatic rings. The maximum absolute atomic E-state index is 13.9. The smallest absolute Gasteiger partial charge is 0.274 e. The van der Waals surface area contributed by atoms with Gasteiger partial charge in [-0.2, -0.15) is 5.10 Å². The highest BCUT2D eigenvalue weighted by Gasteiger charge is 2.33. The molecule has 0 spiro atoms. The Morgan fingerprint density at radius 3 is 2.27 bits per heavy atom. The number of benzene rings is 2. The van der Waals surface area contributed by atoms with Gasteiger partial charge in [-0.1, -0.05) is 20.3 Å². The quantitative estimate of drug-likeness (QED) is 0.398. The van der Waals surface area contributed by atoms with Gasteiger partial charge in [0.25, 0.3) is 5.91 Å². The summed E-state index contributed by atoms with van der Waals surface area (Å²) in [6, 6.07) is 10.1. The zero-order valence-electron chi connectivity index (χ0n) is 25.0. The van der Waals surface area contributed by atoms with Crippen LogP contribution in [0.5, 0.6) is 11.5 Å². The minimum Gasteiger partial charge on any atom is -0.493 e. The van der Waals surface area contributed by atoms with E-state index in [0.717, 1.165) is 22.4 Å². The molecular weight excluding hydrogens is 523 g/mol. The van der Waals surface area contributed by atoms with Crippen LogP contribution in [-0.4, -0.2) is 70.8 Å². The molecule has 41 heavy (non-hydrogen) atoms. The number of nitrogens with zero attached hydrogens (tertiary/aromatic N) is 4. The zero-order chi connectivity index (χ0) is 29.7. The molecule has 1 saturated heterocycles. The number of carbonyl (C=O) groups excluding carboxylic acids is 2. The van der Waals surface area contributed by atoms with E-state index in [0.29, 0.717) is 68.3 Å². The Bertz CT molecular complexity index is 1380. The summed E-state index contributed by atoms with van der Waals surface area (Å²) in [5.74, 6) is 0.797. The van der Waals surface area contributed by atoms with E-state index < -0.39 is 0 Å².